The summed E-state index contributed by atoms with van der Waals surface area (Å²) in [4.78, 5) is 31.8. The molecule has 170 valence electrons. The van der Waals surface area contributed by atoms with Crippen molar-refractivity contribution in [3.63, 3.8) is 0 Å². The molecule has 0 radical (unpaired) electrons. The molecule has 6 nitrogen and oxygen atoms in total. The lowest BCUT2D eigenvalue weighted by Crippen LogP contribution is -2.31. The molecule has 1 fully saturated rings. The van der Waals surface area contributed by atoms with Crippen LogP contribution in [-0.4, -0.2) is 37.8 Å². The van der Waals surface area contributed by atoms with Gasteiger partial charge in [0.15, 0.2) is 0 Å². The molecule has 1 N–H and O–H groups in total. The molecule has 1 saturated heterocycles. The zero-order valence-corrected chi connectivity index (χ0v) is 19.2. The molecule has 0 bridgehead atoms. The summed E-state index contributed by atoms with van der Waals surface area (Å²) in [5.41, 5.74) is 3.71. The highest BCUT2D eigenvalue weighted by Gasteiger charge is 2.45. The number of nitrogens with zero attached hydrogens (tertiary/aromatic N) is 3. The number of benzene rings is 2. The van der Waals surface area contributed by atoms with Crippen LogP contribution in [0.5, 0.6) is 0 Å². The van der Waals surface area contributed by atoms with E-state index in [1.54, 1.807) is 29.6 Å². The van der Waals surface area contributed by atoms with Crippen molar-refractivity contribution in [2.24, 2.45) is 0 Å². The maximum Gasteiger partial charge on any atom is 0.295 e. The van der Waals surface area contributed by atoms with Crippen LogP contribution in [-0.2, 0) is 16.1 Å². The molecule has 1 atom stereocenters. The van der Waals surface area contributed by atoms with Gasteiger partial charge in [-0.25, -0.2) is 4.98 Å². The molecular weight excluding hydrogens is 414 g/mol. The zero-order chi connectivity index (χ0) is 23.5. The van der Waals surface area contributed by atoms with E-state index in [1.807, 2.05) is 54.1 Å². The van der Waals surface area contributed by atoms with Crippen LogP contribution in [0.25, 0.3) is 5.76 Å². The number of likely N-dealkylation sites (tertiary alicyclic amines) is 1. The van der Waals surface area contributed by atoms with Gasteiger partial charge in [-0.15, -0.1) is 0 Å². The summed E-state index contributed by atoms with van der Waals surface area (Å²) >= 11 is 0. The molecule has 2 aromatic carbocycles. The van der Waals surface area contributed by atoms with Crippen molar-refractivity contribution in [1.82, 2.24) is 14.5 Å². The predicted molar refractivity (Wildman–Crippen MR) is 128 cm³/mol. The lowest BCUT2D eigenvalue weighted by atomic mass is 9.93. The minimum absolute atomic E-state index is 0.136. The lowest BCUT2D eigenvalue weighted by Gasteiger charge is -2.25. The van der Waals surface area contributed by atoms with Crippen molar-refractivity contribution in [2.75, 3.05) is 6.54 Å². The van der Waals surface area contributed by atoms with Crippen LogP contribution in [0.2, 0.25) is 0 Å². The second-order valence-electron chi connectivity index (χ2n) is 8.83. The summed E-state index contributed by atoms with van der Waals surface area (Å²) in [7, 11) is 0. The second kappa shape index (κ2) is 9.45. The Labute approximate surface area is 194 Å². The number of aliphatic hydroxyl groups excluding tert-OH is 1. The third kappa shape index (κ3) is 4.60. The molecule has 6 heteroatoms. The summed E-state index contributed by atoms with van der Waals surface area (Å²) in [6, 6.07) is 14.6. The summed E-state index contributed by atoms with van der Waals surface area (Å²) in [5.74, 6) is -0.989. The van der Waals surface area contributed by atoms with E-state index in [0.29, 0.717) is 31.0 Å². The highest BCUT2D eigenvalue weighted by molar-refractivity contribution is 6.46. The lowest BCUT2D eigenvalue weighted by molar-refractivity contribution is -0.139. The van der Waals surface area contributed by atoms with Gasteiger partial charge in [0, 0.05) is 31.0 Å². The molecule has 4 rings (SSSR count). The Morgan fingerprint density at radius 2 is 1.73 bits per heavy atom. The topological polar surface area (TPSA) is 75.4 Å². The van der Waals surface area contributed by atoms with Crippen molar-refractivity contribution in [3.8, 4) is 0 Å². The normalized spacial score (nSPS) is 17.8. The molecule has 3 aromatic rings. The van der Waals surface area contributed by atoms with Gasteiger partial charge in [0.2, 0.25) is 0 Å². The minimum Gasteiger partial charge on any atom is -0.507 e. The first-order chi connectivity index (χ1) is 15.9. The van der Waals surface area contributed by atoms with Gasteiger partial charge in [0.25, 0.3) is 11.7 Å². The Morgan fingerprint density at radius 1 is 1.03 bits per heavy atom. The second-order valence-corrected chi connectivity index (χ2v) is 8.83. The van der Waals surface area contributed by atoms with E-state index in [4.69, 9.17) is 0 Å². The van der Waals surface area contributed by atoms with E-state index in [1.165, 1.54) is 5.56 Å². The Hall–Kier alpha value is -3.67. The number of aryl methyl sites for hydroxylation is 2. The van der Waals surface area contributed by atoms with Gasteiger partial charge < -0.3 is 14.6 Å². The largest absolute Gasteiger partial charge is 0.507 e. The van der Waals surface area contributed by atoms with Crippen LogP contribution in [0.15, 0.2) is 72.8 Å². The molecule has 0 saturated carbocycles. The first kappa shape index (κ1) is 22.5. The van der Waals surface area contributed by atoms with Crippen molar-refractivity contribution < 1.29 is 14.7 Å². The van der Waals surface area contributed by atoms with Crippen molar-refractivity contribution in [2.45, 2.75) is 45.7 Å². The van der Waals surface area contributed by atoms with Crippen LogP contribution >= 0.6 is 0 Å². The van der Waals surface area contributed by atoms with E-state index >= 15 is 0 Å². The first-order valence-corrected chi connectivity index (χ1v) is 11.3. The minimum atomic E-state index is -0.645. The highest BCUT2D eigenvalue weighted by atomic mass is 16.3. The van der Waals surface area contributed by atoms with E-state index in [9.17, 15) is 14.7 Å². The number of carbonyl (C=O) groups excluding carboxylic acids is 2. The van der Waals surface area contributed by atoms with Crippen LogP contribution in [0.1, 0.15) is 54.5 Å². The van der Waals surface area contributed by atoms with Crippen molar-refractivity contribution >= 4 is 17.4 Å². The van der Waals surface area contributed by atoms with Gasteiger partial charge in [-0.05, 0) is 30.4 Å². The molecule has 1 aromatic heterocycles. The van der Waals surface area contributed by atoms with Gasteiger partial charge in [-0.2, -0.15) is 0 Å². The fourth-order valence-corrected chi connectivity index (χ4v) is 4.23. The number of amides is 1. The molecule has 2 heterocycles. The maximum atomic E-state index is 13.1. The molecule has 1 amide bonds. The molecule has 0 unspecified atom stereocenters. The maximum absolute atomic E-state index is 13.1. The average molecular weight is 444 g/mol. The smallest absolute Gasteiger partial charge is 0.295 e. The monoisotopic (exact) mass is 443 g/mol. The molecule has 1 aliphatic rings. The highest BCUT2D eigenvalue weighted by Crippen LogP contribution is 2.39. The van der Waals surface area contributed by atoms with Gasteiger partial charge in [0.1, 0.15) is 5.76 Å². The molecular formula is C27H29N3O3. The third-order valence-corrected chi connectivity index (χ3v) is 6.16. The average Bonchev–Trinajstić information content (AvgIpc) is 3.41. The Balaban J connectivity index is 1.73. The standard InChI is InChI=1S/C27H29N3O3/c1-18(2)20-9-11-21(12-10-20)24-23(25(31)22-7-5-19(3)6-8-22)26(32)27(33)30(24)15-4-14-29-16-13-28-17-29/h5-13,16-18,24,31H,4,14-15H2,1-3H3/b25-23+/t24-/m0/s1. The van der Waals surface area contributed by atoms with E-state index in [0.717, 1.165) is 11.1 Å². The number of imidazole rings is 1. The van der Waals surface area contributed by atoms with Gasteiger partial charge in [-0.3, -0.25) is 9.59 Å². The number of ketones is 1. The van der Waals surface area contributed by atoms with E-state index < -0.39 is 17.7 Å². The summed E-state index contributed by atoms with van der Waals surface area (Å²) in [6.07, 6.45) is 5.97. The van der Waals surface area contributed by atoms with Gasteiger partial charge >= 0.3 is 0 Å². The van der Waals surface area contributed by atoms with Gasteiger partial charge in [-0.1, -0.05) is 67.9 Å². The first-order valence-electron chi connectivity index (χ1n) is 11.3. The van der Waals surface area contributed by atoms with E-state index in [2.05, 4.69) is 18.8 Å². The number of hydrogen-bond donors (Lipinski definition) is 1. The van der Waals surface area contributed by atoms with Crippen molar-refractivity contribution in [3.05, 3.63) is 95.1 Å². The Morgan fingerprint density at radius 3 is 2.33 bits per heavy atom. The Kier molecular flexibility index (Phi) is 6.45. The van der Waals surface area contributed by atoms with Crippen LogP contribution in [0.4, 0.5) is 0 Å². The third-order valence-electron chi connectivity index (χ3n) is 6.16. The molecule has 0 aliphatic carbocycles. The zero-order valence-electron chi connectivity index (χ0n) is 19.2. The molecule has 1 aliphatic heterocycles. The quantitative estimate of drug-likeness (QED) is 0.322. The molecule has 0 spiro atoms. The number of aliphatic hydroxyl groups is 1. The summed E-state index contributed by atoms with van der Waals surface area (Å²) in [5, 5.41) is 11.1. The number of Topliss-reactive ketones (excluding diaryl/α,β-unsaturated/α-hetero) is 1. The number of aromatic nitrogens is 2. The SMILES string of the molecule is Cc1ccc(/C(O)=C2\C(=O)C(=O)N(CCCn3ccnc3)[C@H]2c2ccc(C(C)C)cc2)cc1. The van der Waals surface area contributed by atoms with Crippen LogP contribution in [0.3, 0.4) is 0 Å². The van der Waals surface area contributed by atoms with E-state index in [-0.39, 0.29) is 11.3 Å². The summed E-state index contributed by atoms with van der Waals surface area (Å²) < 4.78 is 1.94. The Bertz CT molecular complexity index is 1160. The van der Waals surface area contributed by atoms with Gasteiger partial charge in [0.05, 0.1) is 17.9 Å². The number of hydrogen-bond acceptors (Lipinski definition) is 4. The number of rotatable bonds is 7. The van der Waals surface area contributed by atoms with Crippen LogP contribution in [0, 0.1) is 6.92 Å². The molecule has 33 heavy (non-hydrogen) atoms. The number of carbonyl (C=O) groups is 2. The van der Waals surface area contributed by atoms with Crippen LogP contribution < -0.4 is 0 Å². The fraction of sp³-hybridized carbons (Fsp3) is 0.296. The fourth-order valence-electron chi connectivity index (χ4n) is 4.23. The predicted octanol–water partition coefficient (Wildman–Crippen LogP) is 4.83. The van der Waals surface area contributed by atoms with Crippen molar-refractivity contribution in [1.29, 1.82) is 0 Å². The summed E-state index contributed by atoms with van der Waals surface area (Å²) in [6.45, 7) is 7.27.